The van der Waals surface area contributed by atoms with E-state index in [1.54, 1.807) is 0 Å². The van der Waals surface area contributed by atoms with Gasteiger partial charge in [0, 0.05) is 59.5 Å². The molecule has 0 amide bonds. The van der Waals surface area contributed by atoms with Gasteiger partial charge in [0.25, 0.3) is 0 Å². The molecule has 0 aliphatic rings. The summed E-state index contributed by atoms with van der Waals surface area (Å²) in [6, 6.07) is 27.8. The Bertz CT molecular complexity index is 2600. The van der Waals surface area contributed by atoms with Crippen molar-refractivity contribution >= 4 is 23.7 Å². The average molecular weight is 1050 g/mol. The van der Waals surface area contributed by atoms with E-state index >= 15 is 0 Å². The molecule has 0 unspecified atom stereocenters. The molecule has 0 saturated carbocycles. The van der Waals surface area contributed by atoms with Gasteiger partial charge in [-0.05, 0) is 118 Å². The number of hydrogen-bond donors (Lipinski definition) is 2. The number of halogens is 6. The predicted octanol–water partition coefficient (Wildman–Crippen LogP) is 14.0. The summed E-state index contributed by atoms with van der Waals surface area (Å²) in [5, 5.41) is 6.96. The van der Waals surface area contributed by atoms with Crippen LogP contribution in [0.5, 0.6) is 0 Å². The fourth-order valence-electron chi connectivity index (χ4n) is 8.15. The molecule has 0 saturated heterocycles. The Kier molecular flexibility index (Phi) is 19.5. The zero-order chi connectivity index (χ0) is 55.2. The quantitative estimate of drug-likeness (QED) is 0.0800. The highest BCUT2D eigenvalue weighted by molar-refractivity contribution is 6.07. The molecule has 0 radical (unpaired) electrons. The van der Waals surface area contributed by atoms with E-state index in [1.165, 1.54) is 38.5 Å². The number of hydrogen-bond acceptors (Lipinski definition) is 10. The number of methoxy groups -OCH3 is 2. The van der Waals surface area contributed by atoms with E-state index in [9.17, 15) is 35.9 Å². The second-order valence-electron chi connectivity index (χ2n) is 21.8. The molecule has 75 heavy (non-hydrogen) atoms. The maximum absolute atomic E-state index is 13.2. The molecule has 0 spiro atoms. The molecule has 408 valence electrons. The van der Waals surface area contributed by atoms with E-state index in [2.05, 4.69) is 62.0 Å². The van der Waals surface area contributed by atoms with E-state index in [-0.39, 0.29) is 39.2 Å². The number of alkyl halides is 6. The summed E-state index contributed by atoms with van der Waals surface area (Å²) < 4.78 is 102. The standard InChI is InChI=1S/2C29H35F3N2O3.H2O/c2*1-27(2,3)33-17-18-34(28(4,5)6)25-22(19-11-9-8-10-12-19)23(26(35)36-7)24(37-25)20-13-15-21(16-14-20)29(30,31)32;/h2*8-16,33H,17-18H2,1-7H3;1H2. The van der Waals surface area contributed by atoms with E-state index < -0.39 is 46.5 Å². The highest BCUT2D eigenvalue weighted by Gasteiger charge is 2.38. The Morgan fingerprint density at radius 1 is 0.467 bits per heavy atom. The highest BCUT2D eigenvalue weighted by atomic mass is 19.4. The molecule has 6 rings (SSSR count). The summed E-state index contributed by atoms with van der Waals surface area (Å²) in [7, 11) is 2.55. The monoisotopic (exact) mass is 1050 g/mol. The number of nitrogens with one attached hydrogen (secondary N) is 2. The van der Waals surface area contributed by atoms with Crippen molar-refractivity contribution in [1.29, 1.82) is 0 Å². The van der Waals surface area contributed by atoms with Crippen LogP contribution < -0.4 is 20.4 Å². The van der Waals surface area contributed by atoms with Crippen LogP contribution in [0.25, 0.3) is 44.9 Å². The molecule has 0 fully saturated rings. The lowest BCUT2D eigenvalue weighted by Crippen LogP contribution is -2.48. The second-order valence-corrected chi connectivity index (χ2v) is 21.8. The fourth-order valence-corrected chi connectivity index (χ4v) is 8.15. The number of carbonyl (C=O) groups excluding carboxylic acids is 2. The Hall–Kier alpha value is -6.56. The zero-order valence-corrected chi connectivity index (χ0v) is 45.3. The van der Waals surface area contributed by atoms with Gasteiger partial charge in [-0.2, -0.15) is 26.3 Å². The number of benzene rings is 4. The molecule has 0 aliphatic carbocycles. The summed E-state index contributed by atoms with van der Waals surface area (Å²) in [5.74, 6) is -0.0508. The third-order valence-corrected chi connectivity index (χ3v) is 11.7. The van der Waals surface area contributed by atoms with Crippen molar-refractivity contribution in [1.82, 2.24) is 10.6 Å². The summed E-state index contributed by atoms with van der Waals surface area (Å²) in [6.07, 6.45) is -8.95. The van der Waals surface area contributed by atoms with Crippen molar-refractivity contribution in [2.75, 3.05) is 50.2 Å². The van der Waals surface area contributed by atoms with Gasteiger partial charge >= 0.3 is 24.3 Å². The van der Waals surface area contributed by atoms with Crippen LogP contribution in [-0.2, 0) is 21.8 Å². The van der Waals surface area contributed by atoms with Crippen molar-refractivity contribution in [3.05, 3.63) is 131 Å². The number of esters is 2. The molecule has 4 aromatic carbocycles. The molecule has 11 nitrogen and oxygen atoms in total. The van der Waals surface area contributed by atoms with Gasteiger partial charge in [0.2, 0.25) is 11.8 Å². The molecule has 17 heteroatoms. The first-order valence-electron chi connectivity index (χ1n) is 24.3. The summed E-state index contributed by atoms with van der Waals surface area (Å²) >= 11 is 0. The second kappa shape index (κ2) is 24.0. The molecule has 0 atom stereocenters. The summed E-state index contributed by atoms with van der Waals surface area (Å²) in [5.41, 5.74) is 0.981. The molecule has 0 aliphatic heterocycles. The van der Waals surface area contributed by atoms with E-state index in [0.29, 0.717) is 60.2 Å². The van der Waals surface area contributed by atoms with Gasteiger partial charge in [-0.3, -0.25) is 0 Å². The third-order valence-electron chi connectivity index (χ3n) is 11.7. The smallest absolute Gasteiger partial charge is 0.416 e. The minimum absolute atomic E-state index is 0. The minimum Gasteiger partial charge on any atom is -0.465 e. The van der Waals surface area contributed by atoms with Crippen LogP contribution in [-0.4, -0.2) is 80.0 Å². The Balaban J connectivity index is 0.000000320. The van der Waals surface area contributed by atoms with Crippen molar-refractivity contribution in [3.8, 4) is 44.9 Å². The molecule has 2 heterocycles. The molecule has 4 N–H and O–H groups in total. The number of nitrogens with zero attached hydrogens (tertiary/aromatic N) is 2. The number of furan rings is 2. The first kappa shape index (κ1) is 61.0. The molecule has 2 aromatic heterocycles. The van der Waals surface area contributed by atoms with Gasteiger partial charge in [-0.25, -0.2) is 9.59 Å². The van der Waals surface area contributed by atoms with Crippen LogP contribution in [0.3, 0.4) is 0 Å². The first-order valence-corrected chi connectivity index (χ1v) is 24.3. The number of anilines is 2. The minimum atomic E-state index is -4.48. The first-order chi connectivity index (χ1) is 34.3. The normalized spacial score (nSPS) is 12.3. The highest BCUT2D eigenvalue weighted by Crippen LogP contribution is 2.47. The van der Waals surface area contributed by atoms with Gasteiger partial charge in [-0.1, -0.05) is 84.9 Å². The van der Waals surface area contributed by atoms with Crippen molar-refractivity contribution in [2.24, 2.45) is 0 Å². The lowest BCUT2D eigenvalue weighted by atomic mass is 9.97. The third kappa shape index (κ3) is 15.7. The number of ether oxygens (including phenoxy) is 2. The van der Waals surface area contributed by atoms with Gasteiger partial charge in [0.1, 0.15) is 11.1 Å². The fraction of sp³-hybridized carbons (Fsp3) is 0.414. The Morgan fingerprint density at radius 3 is 1.00 bits per heavy atom. The number of carbonyl (C=O) groups is 2. The molecule has 0 bridgehead atoms. The van der Waals surface area contributed by atoms with E-state index in [0.717, 1.165) is 35.4 Å². The van der Waals surface area contributed by atoms with Gasteiger partial charge in [0.15, 0.2) is 11.5 Å². The summed E-state index contributed by atoms with van der Waals surface area (Å²) in [4.78, 5) is 30.5. The summed E-state index contributed by atoms with van der Waals surface area (Å²) in [6.45, 7) is 27.1. The Morgan fingerprint density at radius 2 is 0.760 bits per heavy atom. The van der Waals surface area contributed by atoms with Gasteiger partial charge in [-0.15, -0.1) is 0 Å². The largest absolute Gasteiger partial charge is 0.465 e. The topological polar surface area (TPSA) is 141 Å². The lowest BCUT2D eigenvalue weighted by molar-refractivity contribution is -0.138. The number of rotatable bonds is 14. The van der Waals surface area contributed by atoms with Crippen LogP contribution in [0.2, 0.25) is 0 Å². The van der Waals surface area contributed by atoms with Crippen LogP contribution in [0, 0.1) is 0 Å². The van der Waals surface area contributed by atoms with Crippen LogP contribution in [0.4, 0.5) is 38.1 Å². The van der Waals surface area contributed by atoms with E-state index in [1.807, 2.05) is 102 Å². The zero-order valence-electron chi connectivity index (χ0n) is 45.3. The predicted molar refractivity (Wildman–Crippen MR) is 285 cm³/mol. The SMILES string of the molecule is COC(=O)c1c(-c2ccc(C(F)(F)F)cc2)oc(N(CCNC(C)(C)C)C(C)(C)C)c1-c1ccccc1.COC(=O)c1c(-c2ccc(C(F)(F)F)cc2)oc(N(CCNC(C)(C)C)C(C)(C)C)c1-c1ccccc1.O. The average Bonchev–Trinajstić information content (AvgIpc) is 3.90. The van der Waals surface area contributed by atoms with E-state index in [4.69, 9.17) is 18.3 Å². The van der Waals surface area contributed by atoms with Crippen LogP contribution in [0.1, 0.15) is 115 Å². The lowest BCUT2D eigenvalue weighted by Gasteiger charge is -2.37. The van der Waals surface area contributed by atoms with Crippen molar-refractivity contribution in [2.45, 2.75) is 118 Å². The van der Waals surface area contributed by atoms with Crippen molar-refractivity contribution in [3.63, 3.8) is 0 Å². The van der Waals surface area contributed by atoms with Crippen LogP contribution >= 0.6 is 0 Å². The molecular formula is C58H72F6N4O7. The maximum Gasteiger partial charge on any atom is 0.416 e. The molecular weight excluding hydrogens is 979 g/mol. The maximum atomic E-state index is 13.2. The van der Waals surface area contributed by atoms with Gasteiger partial charge < -0.3 is 44.2 Å². The Labute approximate surface area is 436 Å². The van der Waals surface area contributed by atoms with Gasteiger partial charge in [0.05, 0.1) is 36.5 Å². The van der Waals surface area contributed by atoms with Crippen LogP contribution in [0.15, 0.2) is 118 Å². The molecule has 6 aromatic rings. The van der Waals surface area contributed by atoms with Crippen molar-refractivity contribution < 1.29 is 59.7 Å².